The fourth-order valence-electron chi connectivity index (χ4n) is 1.33. The van der Waals surface area contributed by atoms with Crippen LogP contribution in [0.15, 0.2) is 0 Å². The van der Waals surface area contributed by atoms with Gasteiger partial charge in [0.2, 0.25) is 10.0 Å². The largest absolute Gasteiger partial charge is 0.298 e. The predicted octanol–water partition coefficient (Wildman–Crippen LogP) is 0.302. The van der Waals surface area contributed by atoms with Crippen LogP contribution in [0.1, 0.15) is 25.7 Å². The van der Waals surface area contributed by atoms with E-state index in [9.17, 15) is 17.7 Å². The molecule has 0 aromatic carbocycles. The zero-order chi connectivity index (χ0) is 9.19. The molecule has 1 N–H and O–H groups in total. The Bertz CT molecular complexity index is 275. The zero-order valence-electron chi connectivity index (χ0n) is 6.42. The van der Waals surface area contributed by atoms with Gasteiger partial charge in [0.1, 0.15) is 5.25 Å². The van der Waals surface area contributed by atoms with Crippen molar-refractivity contribution in [3.63, 3.8) is 0 Å². The van der Waals surface area contributed by atoms with Crippen LogP contribution in [0.2, 0.25) is 0 Å². The summed E-state index contributed by atoms with van der Waals surface area (Å²) in [5.41, 5.74) is 0. The summed E-state index contributed by atoms with van der Waals surface area (Å²) < 4.78 is 33.5. The molecule has 1 unspecified atom stereocenters. The van der Waals surface area contributed by atoms with E-state index in [4.69, 9.17) is 0 Å². The van der Waals surface area contributed by atoms with E-state index >= 15 is 0 Å². The Morgan fingerprint density at radius 1 is 1.42 bits per heavy atom. The normalized spacial score (nSPS) is 25.8. The molecule has 0 aliphatic heterocycles. The van der Waals surface area contributed by atoms with E-state index in [1.54, 1.807) is 0 Å². The maximum absolute atomic E-state index is 11.7. The molecule has 1 atom stereocenters. The standard InChI is InChI=1S/C6H10FNO3S/c7-8-12(10,11)6-4-2-1-3-5(6)9/h6,8H,1-4H2. The van der Waals surface area contributed by atoms with Gasteiger partial charge in [0, 0.05) is 6.42 Å². The summed E-state index contributed by atoms with van der Waals surface area (Å²) in [6.07, 6.45) is 1.85. The predicted molar refractivity (Wildman–Crippen MR) is 40.4 cm³/mol. The van der Waals surface area contributed by atoms with Crippen molar-refractivity contribution >= 4 is 15.8 Å². The number of Topliss-reactive ketones (excluding diaryl/α,β-unsaturated/α-hetero) is 1. The van der Waals surface area contributed by atoms with E-state index in [1.165, 1.54) is 0 Å². The molecule has 12 heavy (non-hydrogen) atoms. The van der Waals surface area contributed by atoms with Crippen LogP contribution in [-0.4, -0.2) is 19.5 Å². The molecule has 4 nitrogen and oxygen atoms in total. The molecule has 6 heteroatoms. The lowest BCUT2D eigenvalue weighted by atomic mass is 9.99. The van der Waals surface area contributed by atoms with E-state index in [1.807, 2.05) is 0 Å². The molecular weight excluding hydrogens is 185 g/mol. The molecule has 1 aliphatic rings. The lowest BCUT2D eigenvalue weighted by Crippen LogP contribution is -2.38. The zero-order valence-corrected chi connectivity index (χ0v) is 7.23. The molecule has 0 saturated heterocycles. The van der Waals surface area contributed by atoms with Gasteiger partial charge >= 0.3 is 0 Å². The average molecular weight is 195 g/mol. The summed E-state index contributed by atoms with van der Waals surface area (Å²) in [6, 6.07) is 0. The number of hydrogen-bond donors (Lipinski definition) is 1. The number of ketones is 1. The molecule has 0 heterocycles. The molecule has 1 rings (SSSR count). The van der Waals surface area contributed by atoms with Crippen molar-refractivity contribution < 1.29 is 17.7 Å². The van der Waals surface area contributed by atoms with Crippen LogP contribution < -0.4 is 4.94 Å². The van der Waals surface area contributed by atoms with Crippen molar-refractivity contribution in [3.05, 3.63) is 0 Å². The van der Waals surface area contributed by atoms with Crippen LogP contribution in [0.5, 0.6) is 0 Å². The van der Waals surface area contributed by atoms with Gasteiger partial charge < -0.3 is 0 Å². The molecule has 1 fully saturated rings. The highest BCUT2D eigenvalue weighted by molar-refractivity contribution is 7.90. The molecule has 70 valence electrons. The SMILES string of the molecule is O=C1CCCCC1S(=O)(=O)NF. The van der Waals surface area contributed by atoms with E-state index in [0.717, 1.165) is 0 Å². The number of halogens is 1. The highest BCUT2D eigenvalue weighted by Crippen LogP contribution is 2.19. The summed E-state index contributed by atoms with van der Waals surface area (Å²) >= 11 is 0. The van der Waals surface area contributed by atoms with Gasteiger partial charge in [-0.1, -0.05) is 6.42 Å². The molecule has 1 saturated carbocycles. The quantitative estimate of drug-likeness (QED) is 0.645. The number of nitrogens with one attached hydrogen (secondary N) is 1. The van der Waals surface area contributed by atoms with Gasteiger partial charge in [-0.15, -0.1) is 4.48 Å². The molecular formula is C6H10FNO3S. The van der Waals surface area contributed by atoms with Crippen molar-refractivity contribution in [1.29, 1.82) is 0 Å². The minimum atomic E-state index is -4.04. The minimum absolute atomic E-state index is 0.234. The van der Waals surface area contributed by atoms with Crippen molar-refractivity contribution in [2.45, 2.75) is 30.9 Å². The molecule has 0 radical (unpaired) electrons. The Morgan fingerprint density at radius 3 is 2.58 bits per heavy atom. The first-order valence-electron chi connectivity index (χ1n) is 3.72. The summed E-state index contributed by atoms with van der Waals surface area (Å²) in [5.74, 6) is -0.383. The summed E-state index contributed by atoms with van der Waals surface area (Å²) in [6.45, 7) is 0. The highest BCUT2D eigenvalue weighted by atomic mass is 32.2. The smallest absolute Gasteiger partial charge is 0.247 e. The number of sulfonamides is 1. The Kier molecular flexibility index (Phi) is 2.79. The average Bonchev–Trinajstić information content (AvgIpc) is 2.05. The van der Waals surface area contributed by atoms with E-state index in [-0.39, 0.29) is 18.6 Å². The first-order chi connectivity index (χ1) is 5.58. The second-order valence-corrected chi connectivity index (χ2v) is 4.64. The van der Waals surface area contributed by atoms with Gasteiger partial charge in [-0.05, 0) is 17.8 Å². The second kappa shape index (κ2) is 3.49. The maximum Gasteiger partial charge on any atom is 0.247 e. The van der Waals surface area contributed by atoms with E-state index in [2.05, 4.69) is 0 Å². The molecule has 0 amide bonds. The number of carbonyl (C=O) groups is 1. The highest BCUT2D eigenvalue weighted by Gasteiger charge is 2.33. The van der Waals surface area contributed by atoms with Gasteiger partial charge in [-0.2, -0.15) is 0 Å². The summed E-state index contributed by atoms with van der Waals surface area (Å²) in [5, 5.41) is -1.17. The summed E-state index contributed by atoms with van der Waals surface area (Å²) in [4.78, 5) is 11.7. The Balaban J connectivity index is 2.80. The topological polar surface area (TPSA) is 63.2 Å². The van der Waals surface area contributed by atoms with Gasteiger partial charge in [-0.3, -0.25) is 4.79 Å². The third-order valence-corrected chi connectivity index (χ3v) is 3.44. The van der Waals surface area contributed by atoms with Crippen LogP contribution >= 0.6 is 0 Å². The van der Waals surface area contributed by atoms with E-state index < -0.39 is 15.3 Å². The minimum Gasteiger partial charge on any atom is -0.298 e. The van der Waals surface area contributed by atoms with Gasteiger partial charge in [-0.25, -0.2) is 8.42 Å². The van der Waals surface area contributed by atoms with Gasteiger partial charge in [0.15, 0.2) is 5.78 Å². The van der Waals surface area contributed by atoms with Crippen molar-refractivity contribution in [2.75, 3.05) is 0 Å². The van der Waals surface area contributed by atoms with Crippen molar-refractivity contribution in [1.82, 2.24) is 4.94 Å². The lowest BCUT2D eigenvalue weighted by molar-refractivity contribution is -0.119. The summed E-state index contributed by atoms with van der Waals surface area (Å²) in [7, 11) is -4.04. The lowest BCUT2D eigenvalue weighted by Gasteiger charge is -2.18. The molecule has 0 aromatic heterocycles. The van der Waals surface area contributed by atoms with Gasteiger partial charge in [0.25, 0.3) is 0 Å². The third kappa shape index (κ3) is 1.81. The second-order valence-electron chi connectivity index (χ2n) is 2.82. The first kappa shape index (κ1) is 9.60. The maximum atomic E-state index is 11.7. The number of carbonyl (C=O) groups excluding carboxylic acids is 1. The van der Waals surface area contributed by atoms with Crippen LogP contribution in [0.3, 0.4) is 0 Å². The van der Waals surface area contributed by atoms with Crippen LogP contribution in [-0.2, 0) is 14.8 Å². The molecule has 1 aliphatic carbocycles. The Morgan fingerprint density at radius 2 is 2.08 bits per heavy atom. The first-order valence-corrected chi connectivity index (χ1v) is 5.26. The fourth-order valence-corrected chi connectivity index (χ4v) is 2.38. The van der Waals surface area contributed by atoms with E-state index in [0.29, 0.717) is 17.8 Å². The van der Waals surface area contributed by atoms with Gasteiger partial charge in [0.05, 0.1) is 0 Å². The van der Waals surface area contributed by atoms with Crippen LogP contribution in [0.4, 0.5) is 4.48 Å². The van der Waals surface area contributed by atoms with Crippen molar-refractivity contribution in [2.24, 2.45) is 0 Å². The number of hydrogen-bond acceptors (Lipinski definition) is 3. The van der Waals surface area contributed by atoms with Crippen LogP contribution in [0.25, 0.3) is 0 Å². The monoisotopic (exact) mass is 195 g/mol. The molecule has 0 spiro atoms. The Hall–Kier alpha value is -0.490. The number of rotatable bonds is 2. The van der Waals surface area contributed by atoms with Crippen molar-refractivity contribution in [3.8, 4) is 0 Å². The molecule has 0 aromatic rings. The Labute approximate surface area is 70.1 Å². The third-order valence-electron chi connectivity index (χ3n) is 1.98. The van der Waals surface area contributed by atoms with Crippen LogP contribution in [0, 0.1) is 0 Å². The fraction of sp³-hybridized carbons (Fsp3) is 0.833. The molecule has 0 bridgehead atoms.